The van der Waals surface area contributed by atoms with Crippen LogP contribution in [0, 0.1) is 0 Å². The summed E-state index contributed by atoms with van der Waals surface area (Å²) in [5.74, 6) is -2.05. The number of ether oxygens (including phenoxy) is 4. The third-order valence-electron chi connectivity index (χ3n) is 4.17. The number of aliphatic hydroxyl groups excluding tert-OH is 6. The molecule has 6 N–H and O–H groups in total. The van der Waals surface area contributed by atoms with Crippen LogP contribution >= 0.6 is 11.6 Å². The lowest BCUT2D eigenvalue weighted by Crippen LogP contribution is -2.62. The van der Waals surface area contributed by atoms with Crippen LogP contribution in [-0.4, -0.2) is 112 Å². The average molecular weight is 375 g/mol. The minimum Gasteiger partial charge on any atom is -0.394 e. The van der Waals surface area contributed by atoms with Crippen molar-refractivity contribution in [1.29, 1.82) is 0 Å². The van der Waals surface area contributed by atoms with Crippen molar-refractivity contribution in [1.82, 2.24) is 0 Å². The zero-order valence-electron chi connectivity index (χ0n) is 12.9. The second-order valence-electron chi connectivity index (χ2n) is 5.81. The molecule has 0 saturated carbocycles. The molecule has 142 valence electrons. The molecule has 2 fully saturated rings. The van der Waals surface area contributed by atoms with Gasteiger partial charge in [-0.15, -0.1) is 11.6 Å². The van der Waals surface area contributed by atoms with Gasteiger partial charge in [-0.2, -0.15) is 0 Å². The molecule has 0 aromatic heterocycles. The van der Waals surface area contributed by atoms with Crippen LogP contribution in [0.2, 0.25) is 0 Å². The van der Waals surface area contributed by atoms with Crippen molar-refractivity contribution in [2.24, 2.45) is 0 Å². The molecule has 0 radical (unpaired) electrons. The van der Waals surface area contributed by atoms with Crippen LogP contribution in [0.4, 0.5) is 0 Å². The lowest BCUT2D eigenvalue weighted by molar-refractivity contribution is -0.383. The molecule has 24 heavy (non-hydrogen) atoms. The van der Waals surface area contributed by atoms with Crippen molar-refractivity contribution in [3.05, 3.63) is 0 Å². The van der Waals surface area contributed by atoms with Crippen LogP contribution in [0.1, 0.15) is 0 Å². The van der Waals surface area contributed by atoms with Crippen molar-refractivity contribution in [2.75, 3.05) is 26.2 Å². The Bertz CT molecular complexity index is 412. The maximum Gasteiger partial charge on any atom is 0.224 e. The largest absolute Gasteiger partial charge is 0.394 e. The molecule has 0 unspecified atom stereocenters. The number of hydrogen-bond acceptors (Lipinski definition) is 10. The van der Waals surface area contributed by atoms with Gasteiger partial charge in [0, 0.05) is 7.11 Å². The van der Waals surface area contributed by atoms with Gasteiger partial charge in [0.2, 0.25) is 5.79 Å². The molecule has 2 rings (SSSR count). The van der Waals surface area contributed by atoms with Crippen molar-refractivity contribution in [3.8, 4) is 0 Å². The van der Waals surface area contributed by atoms with Gasteiger partial charge in [-0.05, 0) is 0 Å². The molecule has 0 aromatic rings. The fourth-order valence-corrected chi connectivity index (χ4v) is 3.04. The molecule has 10 nitrogen and oxygen atoms in total. The number of hydrogen-bond donors (Lipinski definition) is 6. The van der Waals surface area contributed by atoms with Crippen LogP contribution in [-0.2, 0) is 18.9 Å². The number of halogens is 1. The van der Waals surface area contributed by atoms with Gasteiger partial charge in [-0.3, -0.25) is 0 Å². The summed E-state index contributed by atoms with van der Waals surface area (Å²) >= 11 is 5.68. The lowest BCUT2D eigenvalue weighted by atomic mass is 9.99. The highest BCUT2D eigenvalue weighted by Crippen LogP contribution is 2.36. The zero-order chi connectivity index (χ0) is 18.1. The first-order valence-electron chi connectivity index (χ1n) is 7.38. The highest BCUT2D eigenvalue weighted by molar-refractivity contribution is 6.18. The monoisotopic (exact) mass is 374 g/mol. The van der Waals surface area contributed by atoms with E-state index in [2.05, 4.69) is 0 Å². The van der Waals surface area contributed by atoms with Crippen LogP contribution in [0.25, 0.3) is 0 Å². The number of aliphatic hydroxyl groups is 6. The minimum absolute atomic E-state index is 0.137. The molecule has 0 aromatic carbocycles. The van der Waals surface area contributed by atoms with E-state index >= 15 is 0 Å². The number of methoxy groups -OCH3 is 1. The van der Waals surface area contributed by atoms with Crippen molar-refractivity contribution >= 4 is 11.6 Å². The summed E-state index contributed by atoms with van der Waals surface area (Å²) in [6.07, 6.45) is -11.6. The third-order valence-corrected chi connectivity index (χ3v) is 4.47. The summed E-state index contributed by atoms with van der Waals surface area (Å²) in [6.45, 7) is -0.980. The molecule has 2 aliphatic heterocycles. The molecule has 0 spiro atoms. The van der Waals surface area contributed by atoms with Gasteiger partial charge < -0.3 is 49.6 Å². The maximum atomic E-state index is 10.3. The molecule has 0 aliphatic carbocycles. The van der Waals surface area contributed by atoms with E-state index in [-0.39, 0.29) is 12.5 Å². The minimum atomic E-state index is -1.92. The fraction of sp³-hybridized carbons (Fsp3) is 1.00. The highest BCUT2D eigenvalue weighted by atomic mass is 35.5. The SMILES string of the molecule is COC[C@@]1(O[C@H]2O[C@H](CO)[C@@H](O)[C@H](O)[C@H]2O)O[C@H](CCl)[C@@H](O)[C@@H]1O. The molecular formula is C13H23ClO10. The second-order valence-corrected chi connectivity index (χ2v) is 6.11. The highest BCUT2D eigenvalue weighted by Gasteiger charge is 2.58. The zero-order valence-corrected chi connectivity index (χ0v) is 13.7. The Morgan fingerprint density at radius 3 is 2.17 bits per heavy atom. The summed E-state index contributed by atoms with van der Waals surface area (Å²) in [5, 5.41) is 59.0. The predicted octanol–water partition coefficient (Wildman–Crippen LogP) is -3.49. The van der Waals surface area contributed by atoms with Gasteiger partial charge in [0.15, 0.2) is 6.29 Å². The van der Waals surface area contributed by atoms with Gasteiger partial charge in [0.25, 0.3) is 0 Å². The maximum absolute atomic E-state index is 10.3. The first-order valence-corrected chi connectivity index (χ1v) is 7.92. The molecule has 11 heteroatoms. The van der Waals surface area contributed by atoms with Crippen molar-refractivity contribution in [2.45, 2.75) is 54.8 Å². The molecule has 0 bridgehead atoms. The smallest absolute Gasteiger partial charge is 0.224 e. The van der Waals surface area contributed by atoms with E-state index in [1.165, 1.54) is 7.11 Å². The molecule has 2 heterocycles. The quantitative estimate of drug-likeness (QED) is 0.258. The van der Waals surface area contributed by atoms with Gasteiger partial charge >= 0.3 is 0 Å². The Balaban J connectivity index is 2.21. The van der Waals surface area contributed by atoms with Crippen LogP contribution in [0.3, 0.4) is 0 Å². The van der Waals surface area contributed by atoms with Gasteiger partial charge in [0.1, 0.15) is 49.3 Å². The van der Waals surface area contributed by atoms with Crippen molar-refractivity contribution < 1.29 is 49.6 Å². The van der Waals surface area contributed by atoms with E-state index in [1.807, 2.05) is 0 Å². The molecule has 0 amide bonds. The number of alkyl halides is 1. The van der Waals surface area contributed by atoms with Gasteiger partial charge in [0.05, 0.1) is 12.5 Å². The third kappa shape index (κ3) is 3.55. The van der Waals surface area contributed by atoms with Gasteiger partial charge in [-0.1, -0.05) is 0 Å². The fourth-order valence-electron chi connectivity index (χ4n) is 2.80. The molecule has 2 saturated heterocycles. The van der Waals surface area contributed by atoms with Crippen LogP contribution < -0.4 is 0 Å². The summed E-state index contributed by atoms with van der Waals surface area (Å²) in [4.78, 5) is 0. The summed E-state index contributed by atoms with van der Waals surface area (Å²) in [7, 11) is 1.30. The molecule has 2 aliphatic rings. The average Bonchev–Trinajstić information content (AvgIpc) is 2.80. The van der Waals surface area contributed by atoms with E-state index in [1.54, 1.807) is 0 Å². The lowest BCUT2D eigenvalue weighted by Gasteiger charge is -2.43. The summed E-state index contributed by atoms with van der Waals surface area (Å²) < 4.78 is 21.1. The van der Waals surface area contributed by atoms with E-state index in [0.29, 0.717) is 0 Å². The standard InChI is InChI=1S/C13H23ClO10/c1-21-4-13(11(20)8(17)5(2-14)23-13)24-12-10(19)9(18)7(16)6(3-15)22-12/h5-12,15-20H,2-4H2,1H3/t5-,6-,7-,8-,9+,10-,11+,12-,13+/m1/s1. The Labute approximate surface area is 143 Å². The number of rotatable bonds is 6. The predicted molar refractivity (Wildman–Crippen MR) is 77.1 cm³/mol. The van der Waals surface area contributed by atoms with Crippen molar-refractivity contribution in [3.63, 3.8) is 0 Å². The topological polar surface area (TPSA) is 158 Å². The summed E-state index contributed by atoms with van der Waals surface area (Å²) in [6, 6.07) is 0. The van der Waals surface area contributed by atoms with E-state index in [0.717, 1.165) is 0 Å². The summed E-state index contributed by atoms with van der Waals surface area (Å²) in [5.41, 5.74) is 0. The first kappa shape index (κ1) is 20.2. The Morgan fingerprint density at radius 1 is 1.00 bits per heavy atom. The first-order chi connectivity index (χ1) is 11.3. The normalized spacial score (nSPS) is 49.5. The van der Waals surface area contributed by atoms with Crippen LogP contribution in [0.15, 0.2) is 0 Å². The van der Waals surface area contributed by atoms with E-state index in [4.69, 9.17) is 30.5 Å². The van der Waals surface area contributed by atoms with E-state index in [9.17, 15) is 30.6 Å². The second kappa shape index (κ2) is 8.06. The molecule has 9 atom stereocenters. The Hall–Kier alpha value is -0.110. The molecular weight excluding hydrogens is 352 g/mol. The Morgan fingerprint density at radius 2 is 1.67 bits per heavy atom. The van der Waals surface area contributed by atoms with Crippen LogP contribution in [0.5, 0.6) is 0 Å². The van der Waals surface area contributed by atoms with Gasteiger partial charge in [-0.25, -0.2) is 0 Å². The van der Waals surface area contributed by atoms with E-state index < -0.39 is 61.4 Å². The Kier molecular flexibility index (Phi) is 6.79.